The second-order valence-corrected chi connectivity index (χ2v) is 6.51. The van der Waals surface area contributed by atoms with E-state index in [9.17, 15) is 8.42 Å². The summed E-state index contributed by atoms with van der Waals surface area (Å²) in [6, 6.07) is 2.88. The Morgan fingerprint density at radius 1 is 1.17 bits per heavy atom. The van der Waals surface area contributed by atoms with Gasteiger partial charge in [-0.1, -0.05) is 23.2 Å². The van der Waals surface area contributed by atoms with Crippen LogP contribution in [0.3, 0.4) is 0 Å². The lowest BCUT2D eigenvalue weighted by Crippen LogP contribution is -2.12. The molecule has 18 heavy (non-hydrogen) atoms. The Kier molecular flexibility index (Phi) is 3.40. The highest BCUT2D eigenvalue weighted by atomic mass is 35.5. The molecule has 0 atom stereocenters. The standard InChI is InChI=1S/C11H10Cl2N2O2S/c1-7-3-11(10(13)4-9(7)12)18(16,17)15-5-8(2)14-6-15/h3-6H,1-2H3. The number of aromatic nitrogens is 2. The molecule has 0 aliphatic rings. The number of imidazole rings is 1. The zero-order chi connectivity index (χ0) is 13.5. The van der Waals surface area contributed by atoms with Crippen molar-refractivity contribution in [3.05, 3.63) is 46.0 Å². The molecule has 96 valence electrons. The van der Waals surface area contributed by atoms with E-state index >= 15 is 0 Å². The quantitative estimate of drug-likeness (QED) is 0.857. The Labute approximate surface area is 115 Å². The van der Waals surface area contributed by atoms with Crippen LogP contribution in [0.4, 0.5) is 0 Å². The summed E-state index contributed by atoms with van der Waals surface area (Å²) < 4.78 is 25.7. The highest BCUT2D eigenvalue weighted by Crippen LogP contribution is 2.29. The van der Waals surface area contributed by atoms with E-state index < -0.39 is 10.0 Å². The molecule has 0 fully saturated rings. The van der Waals surface area contributed by atoms with Crippen molar-refractivity contribution in [2.45, 2.75) is 18.7 Å². The van der Waals surface area contributed by atoms with Crippen LogP contribution < -0.4 is 0 Å². The summed E-state index contributed by atoms with van der Waals surface area (Å²) in [5.74, 6) is 0. The van der Waals surface area contributed by atoms with Gasteiger partial charge >= 0.3 is 0 Å². The lowest BCUT2D eigenvalue weighted by molar-refractivity contribution is 0.587. The van der Waals surface area contributed by atoms with E-state index in [4.69, 9.17) is 23.2 Å². The SMILES string of the molecule is Cc1cn(S(=O)(=O)c2cc(C)c(Cl)cc2Cl)cn1. The van der Waals surface area contributed by atoms with Crippen molar-refractivity contribution in [2.24, 2.45) is 0 Å². The first-order valence-electron chi connectivity index (χ1n) is 5.04. The van der Waals surface area contributed by atoms with Crippen molar-refractivity contribution in [3.8, 4) is 0 Å². The minimum Gasteiger partial charge on any atom is -0.241 e. The van der Waals surface area contributed by atoms with Gasteiger partial charge < -0.3 is 0 Å². The third kappa shape index (κ3) is 2.25. The van der Waals surface area contributed by atoms with Crippen molar-refractivity contribution < 1.29 is 8.42 Å². The number of hydrogen-bond donors (Lipinski definition) is 0. The number of hydrogen-bond acceptors (Lipinski definition) is 3. The maximum atomic E-state index is 12.3. The molecule has 0 N–H and O–H groups in total. The molecule has 2 aromatic rings. The van der Waals surface area contributed by atoms with E-state index in [0.717, 1.165) is 3.97 Å². The van der Waals surface area contributed by atoms with Crippen molar-refractivity contribution in [1.29, 1.82) is 0 Å². The number of halogens is 2. The zero-order valence-corrected chi connectivity index (χ0v) is 12.0. The fourth-order valence-corrected chi connectivity index (χ4v) is 3.47. The summed E-state index contributed by atoms with van der Waals surface area (Å²) in [5, 5.41) is 0.526. The van der Waals surface area contributed by atoms with Crippen molar-refractivity contribution in [3.63, 3.8) is 0 Å². The Morgan fingerprint density at radius 2 is 1.83 bits per heavy atom. The van der Waals surface area contributed by atoms with Gasteiger partial charge in [0.2, 0.25) is 0 Å². The molecule has 0 saturated heterocycles. The highest BCUT2D eigenvalue weighted by Gasteiger charge is 2.21. The predicted octanol–water partition coefficient (Wildman–Crippen LogP) is 3.04. The predicted molar refractivity (Wildman–Crippen MR) is 70.7 cm³/mol. The monoisotopic (exact) mass is 304 g/mol. The van der Waals surface area contributed by atoms with Gasteiger partial charge in [0.1, 0.15) is 11.2 Å². The van der Waals surface area contributed by atoms with E-state index in [-0.39, 0.29) is 9.92 Å². The average Bonchev–Trinajstić information content (AvgIpc) is 2.70. The fraction of sp³-hybridized carbons (Fsp3) is 0.182. The summed E-state index contributed by atoms with van der Waals surface area (Å²) >= 11 is 11.8. The normalized spacial score (nSPS) is 11.8. The summed E-state index contributed by atoms with van der Waals surface area (Å²) in [5.41, 5.74) is 1.26. The lowest BCUT2D eigenvalue weighted by atomic mass is 10.2. The van der Waals surface area contributed by atoms with E-state index in [1.54, 1.807) is 13.8 Å². The number of aryl methyl sites for hydroxylation is 2. The van der Waals surface area contributed by atoms with E-state index in [2.05, 4.69) is 4.98 Å². The third-order valence-electron chi connectivity index (χ3n) is 2.46. The van der Waals surface area contributed by atoms with Gasteiger partial charge in [-0.25, -0.2) is 17.4 Å². The molecule has 7 heteroatoms. The molecule has 0 spiro atoms. The van der Waals surface area contributed by atoms with Gasteiger partial charge in [0.05, 0.1) is 10.7 Å². The van der Waals surface area contributed by atoms with Crippen LogP contribution in [0, 0.1) is 13.8 Å². The summed E-state index contributed by atoms with van der Waals surface area (Å²) in [6.07, 6.45) is 2.67. The van der Waals surface area contributed by atoms with Crippen molar-refractivity contribution in [1.82, 2.24) is 8.96 Å². The molecule has 1 heterocycles. The van der Waals surface area contributed by atoms with E-state index in [0.29, 0.717) is 16.3 Å². The first-order chi connectivity index (χ1) is 8.32. The van der Waals surface area contributed by atoms with Crippen LogP contribution in [-0.4, -0.2) is 17.4 Å². The Morgan fingerprint density at radius 3 is 2.39 bits per heavy atom. The van der Waals surface area contributed by atoms with Crippen LogP contribution in [0.2, 0.25) is 10.0 Å². The molecule has 1 aromatic carbocycles. The van der Waals surface area contributed by atoms with Crippen LogP contribution >= 0.6 is 23.2 Å². The van der Waals surface area contributed by atoms with Gasteiger partial charge in [-0.3, -0.25) is 0 Å². The van der Waals surface area contributed by atoms with Crippen LogP contribution in [0.15, 0.2) is 29.6 Å². The van der Waals surface area contributed by atoms with Crippen LogP contribution in [-0.2, 0) is 10.0 Å². The van der Waals surface area contributed by atoms with Crippen molar-refractivity contribution >= 4 is 33.2 Å². The van der Waals surface area contributed by atoms with Gasteiger partial charge in [-0.15, -0.1) is 0 Å². The maximum Gasteiger partial charge on any atom is 0.270 e. The first kappa shape index (κ1) is 13.4. The Balaban J connectivity index is 2.65. The molecule has 0 amide bonds. The van der Waals surface area contributed by atoms with Gasteiger partial charge in [0.25, 0.3) is 10.0 Å². The molecule has 0 saturated carbocycles. The largest absolute Gasteiger partial charge is 0.270 e. The minimum atomic E-state index is -3.72. The molecule has 2 rings (SSSR count). The topological polar surface area (TPSA) is 52.0 Å². The van der Waals surface area contributed by atoms with Crippen molar-refractivity contribution in [2.75, 3.05) is 0 Å². The molecular formula is C11H10Cl2N2O2S. The zero-order valence-electron chi connectivity index (χ0n) is 9.68. The van der Waals surface area contributed by atoms with E-state index in [1.807, 2.05) is 0 Å². The molecular weight excluding hydrogens is 295 g/mol. The minimum absolute atomic E-state index is 0.0171. The number of benzene rings is 1. The second-order valence-electron chi connectivity index (χ2n) is 3.88. The van der Waals surface area contributed by atoms with Crippen LogP contribution in [0.1, 0.15) is 11.3 Å². The summed E-state index contributed by atoms with van der Waals surface area (Å²) in [6.45, 7) is 3.43. The molecule has 0 bridgehead atoms. The fourth-order valence-electron chi connectivity index (χ4n) is 1.47. The van der Waals surface area contributed by atoms with Gasteiger partial charge in [0, 0.05) is 11.2 Å². The summed E-state index contributed by atoms with van der Waals surface area (Å²) in [7, 11) is -3.72. The number of nitrogens with zero attached hydrogens (tertiary/aromatic N) is 2. The molecule has 0 radical (unpaired) electrons. The Bertz CT molecular complexity index is 708. The molecule has 0 aliphatic carbocycles. The average molecular weight is 305 g/mol. The molecule has 0 unspecified atom stereocenters. The summed E-state index contributed by atoms with van der Waals surface area (Å²) in [4.78, 5) is 3.91. The van der Waals surface area contributed by atoms with Gasteiger partial charge in [-0.05, 0) is 31.5 Å². The maximum absolute atomic E-state index is 12.3. The van der Waals surface area contributed by atoms with Gasteiger partial charge in [-0.2, -0.15) is 0 Å². The van der Waals surface area contributed by atoms with Crippen LogP contribution in [0.5, 0.6) is 0 Å². The molecule has 1 aromatic heterocycles. The van der Waals surface area contributed by atoms with Crippen LogP contribution in [0.25, 0.3) is 0 Å². The third-order valence-corrected chi connectivity index (χ3v) is 4.94. The molecule has 0 aliphatic heterocycles. The number of rotatable bonds is 2. The highest BCUT2D eigenvalue weighted by molar-refractivity contribution is 7.90. The van der Waals surface area contributed by atoms with E-state index in [1.165, 1.54) is 24.7 Å². The van der Waals surface area contributed by atoms with Gasteiger partial charge in [0.15, 0.2) is 0 Å². The smallest absolute Gasteiger partial charge is 0.241 e. The molecule has 4 nitrogen and oxygen atoms in total. The first-order valence-corrected chi connectivity index (χ1v) is 7.24. The lowest BCUT2D eigenvalue weighted by Gasteiger charge is -2.09. The Hall–Kier alpha value is -1.04. The second kappa shape index (κ2) is 4.57.